The predicted octanol–water partition coefficient (Wildman–Crippen LogP) is 1.09. The maximum atomic E-state index is 11.8. The van der Waals surface area contributed by atoms with Crippen molar-refractivity contribution in [2.24, 2.45) is 5.41 Å². The van der Waals surface area contributed by atoms with Gasteiger partial charge in [-0.15, -0.1) is 0 Å². The van der Waals surface area contributed by atoms with E-state index < -0.39 is 11.4 Å². The van der Waals surface area contributed by atoms with Crippen LogP contribution in [0.4, 0.5) is 4.79 Å². The minimum Gasteiger partial charge on any atom is -0.481 e. The molecule has 1 saturated carbocycles. The molecule has 0 unspecified atom stereocenters. The van der Waals surface area contributed by atoms with Crippen molar-refractivity contribution < 1.29 is 14.7 Å². The molecule has 2 amide bonds. The fourth-order valence-corrected chi connectivity index (χ4v) is 1.83. The lowest BCUT2D eigenvalue weighted by molar-refractivity contribution is -0.143. The Morgan fingerprint density at radius 2 is 2.26 bits per heavy atom. The summed E-state index contributed by atoms with van der Waals surface area (Å²) < 4.78 is 0. The highest BCUT2D eigenvalue weighted by Gasteiger charge is 2.50. The maximum Gasteiger partial charge on any atom is 0.317 e. The van der Waals surface area contributed by atoms with Gasteiger partial charge < -0.3 is 15.3 Å². The predicted molar refractivity (Wildman–Crippen MR) is 68.4 cm³/mol. The van der Waals surface area contributed by atoms with Gasteiger partial charge in [-0.1, -0.05) is 6.07 Å². The minimum absolute atomic E-state index is 0.193. The molecule has 19 heavy (non-hydrogen) atoms. The van der Waals surface area contributed by atoms with Crippen LogP contribution in [-0.4, -0.2) is 40.6 Å². The Labute approximate surface area is 111 Å². The summed E-state index contributed by atoms with van der Waals surface area (Å²) in [6.07, 6.45) is 4.64. The molecule has 1 heterocycles. The highest BCUT2D eigenvalue weighted by molar-refractivity contribution is 5.80. The third-order valence-electron chi connectivity index (χ3n) is 3.37. The normalized spacial score (nSPS) is 15.6. The number of carboxylic acid groups (broad SMARTS) is 1. The summed E-state index contributed by atoms with van der Waals surface area (Å²) in [5, 5.41) is 11.7. The molecular weight excluding hydrogens is 246 g/mol. The molecule has 1 aliphatic rings. The Hall–Kier alpha value is -2.11. The van der Waals surface area contributed by atoms with Gasteiger partial charge in [0, 0.05) is 32.5 Å². The lowest BCUT2D eigenvalue weighted by Crippen LogP contribution is -2.41. The first-order valence-electron chi connectivity index (χ1n) is 6.15. The summed E-state index contributed by atoms with van der Waals surface area (Å²) in [7, 11) is 1.67. The summed E-state index contributed by atoms with van der Waals surface area (Å²) in [5.74, 6) is -0.831. The smallest absolute Gasteiger partial charge is 0.317 e. The Balaban J connectivity index is 1.82. The molecule has 1 fully saturated rings. The average Bonchev–Trinajstić information content (AvgIpc) is 3.18. The summed E-state index contributed by atoms with van der Waals surface area (Å²) in [6, 6.07) is 3.43. The number of amides is 2. The number of urea groups is 1. The van der Waals surface area contributed by atoms with Gasteiger partial charge in [0.15, 0.2) is 0 Å². The van der Waals surface area contributed by atoms with Crippen LogP contribution in [0.25, 0.3) is 0 Å². The first-order valence-corrected chi connectivity index (χ1v) is 6.15. The second kappa shape index (κ2) is 5.26. The molecule has 0 radical (unpaired) electrons. The first kappa shape index (κ1) is 13.3. The fraction of sp³-hybridized carbons (Fsp3) is 0.462. The van der Waals surface area contributed by atoms with E-state index in [4.69, 9.17) is 5.11 Å². The molecule has 6 heteroatoms. The van der Waals surface area contributed by atoms with E-state index in [2.05, 4.69) is 10.3 Å². The Kier molecular flexibility index (Phi) is 3.69. The number of carbonyl (C=O) groups is 2. The van der Waals surface area contributed by atoms with E-state index in [1.54, 1.807) is 19.4 Å². The van der Waals surface area contributed by atoms with E-state index in [1.807, 2.05) is 12.1 Å². The number of nitrogens with zero attached hydrogens (tertiary/aromatic N) is 2. The zero-order chi connectivity index (χ0) is 13.9. The molecule has 2 rings (SSSR count). The number of pyridine rings is 1. The molecule has 1 aliphatic carbocycles. The van der Waals surface area contributed by atoms with Crippen molar-refractivity contribution in [3.8, 4) is 0 Å². The number of hydrogen-bond donors (Lipinski definition) is 2. The van der Waals surface area contributed by atoms with Gasteiger partial charge in [-0.05, 0) is 24.5 Å². The van der Waals surface area contributed by atoms with Crippen molar-refractivity contribution >= 4 is 12.0 Å². The molecule has 0 bridgehead atoms. The van der Waals surface area contributed by atoms with Crippen LogP contribution in [0.5, 0.6) is 0 Å². The number of rotatable bonds is 5. The Morgan fingerprint density at radius 3 is 2.79 bits per heavy atom. The van der Waals surface area contributed by atoms with Gasteiger partial charge >= 0.3 is 12.0 Å². The number of aromatic nitrogens is 1. The summed E-state index contributed by atoms with van der Waals surface area (Å²) in [5.41, 5.74) is 0.199. The van der Waals surface area contributed by atoms with Crippen molar-refractivity contribution in [3.05, 3.63) is 30.1 Å². The van der Waals surface area contributed by atoms with Crippen molar-refractivity contribution in [2.45, 2.75) is 19.4 Å². The van der Waals surface area contributed by atoms with E-state index in [9.17, 15) is 9.59 Å². The zero-order valence-electron chi connectivity index (χ0n) is 10.8. The molecule has 0 atom stereocenters. The monoisotopic (exact) mass is 263 g/mol. The molecule has 6 nitrogen and oxygen atoms in total. The Morgan fingerprint density at radius 1 is 1.53 bits per heavy atom. The van der Waals surface area contributed by atoms with Crippen LogP contribution < -0.4 is 5.32 Å². The molecule has 0 aromatic carbocycles. The van der Waals surface area contributed by atoms with E-state index in [0.717, 1.165) is 5.56 Å². The number of nitrogens with one attached hydrogen (secondary N) is 1. The van der Waals surface area contributed by atoms with Crippen LogP contribution in [0.1, 0.15) is 18.4 Å². The van der Waals surface area contributed by atoms with Crippen LogP contribution in [0.3, 0.4) is 0 Å². The highest BCUT2D eigenvalue weighted by atomic mass is 16.4. The van der Waals surface area contributed by atoms with E-state index in [0.29, 0.717) is 19.4 Å². The third kappa shape index (κ3) is 3.21. The van der Waals surface area contributed by atoms with E-state index >= 15 is 0 Å². The summed E-state index contributed by atoms with van der Waals surface area (Å²) >= 11 is 0. The quantitative estimate of drug-likeness (QED) is 0.833. The summed E-state index contributed by atoms with van der Waals surface area (Å²) in [4.78, 5) is 28.3. The second-order valence-electron chi connectivity index (χ2n) is 4.96. The van der Waals surface area contributed by atoms with Gasteiger partial charge in [0.05, 0.1) is 5.41 Å². The maximum absolute atomic E-state index is 11.8. The van der Waals surface area contributed by atoms with Gasteiger partial charge in [0.1, 0.15) is 0 Å². The number of hydrogen-bond acceptors (Lipinski definition) is 3. The molecular formula is C13H17N3O3. The molecule has 102 valence electrons. The topological polar surface area (TPSA) is 82.5 Å². The van der Waals surface area contributed by atoms with Crippen molar-refractivity contribution in [3.63, 3.8) is 0 Å². The highest BCUT2D eigenvalue weighted by Crippen LogP contribution is 2.45. The molecule has 0 aliphatic heterocycles. The first-order chi connectivity index (χ1) is 9.03. The van der Waals surface area contributed by atoms with Crippen LogP contribution in [0.2, 0.25) is 0 Å². The lowest BCUT2D eigenvalue weighted by atomic mass is 10.1. The molecule has 0 spiro atoms. The molecule has 1 aromatic heterocycles. The van der Waals surface area contributed by atoms with Crippen LogP contribution in [-0.2, 0) is 11.3 Å². The lowest BCUT2D eigenvalue weighted by Gasteiger charge is -2.19. The SMILES string of the molecule is CN(Cc1cccnc1)C(=O)NCC1(C(=O)O)CC1. The zero-order valence-corrected chi connectivity index (χ0v) is 10.8. The average molecular weight is 263 g/mol. The van der Waals surface area contributed by atoms with Crippen LogP contribution >= 0.6 is 0 Å². The van der Waals surface area contributed by atoms with Crippen molar-refractivity contribution in [2.75, 3.05) is 13.6 Å². The number of aliphatic carboxylic acids is 1. The fourth-order valence-electron chi connectivity index (χ4n) is 1.83. The van der Waals surface area contributed by atoms with E-state index in [1.165, 1.54) is 4.90 Å². The van der Waals surface area contributed by atoms with E-state index in [-0.39, 0.29) is 12.6 Å². The Bertz CT molecular complexity index is 471. The number of carboxylic acids is 1. The minimum atomic E-state index is -0.831. The number of carbonyl (C=O) groups excluding carboxylic acids is 1. The van der Waals surface area contributed by atoms with Gasteiger partial charge in [0.2, 0.25) is 0 Å². The third-order valence-corrected chi connectivity index (χ3v) is 3.37. The largest absolute Gasteiger partial charge is 0.481 e. The van der Waals surface area contributed by atoms with Gasteiger partial charge in [0.25, 0.3) is 0 Å². The standard InChI is InChI=1S/C13H17N3O3/c1-16(8-10-3-2-6-14-7-10)12(19)15-9-13(4-5-13)11(17)18/h2-3,6-7H,4-5,8-9H2,1H3,(H,15,19)(H,17,18). The van der Waals surface area contributed by atoms with Crippen molar-refractivity contribution in [1.29, 1.82) is 0 Å². The van der Waals surface area contributed by atoms with Crippen LogP contribution in [0, 0.1) is 5.41 Å². The molecule has 2 N–H and O–H groups in total. The molecule has 1 aromatic rings. The van der Waals surface area contributed by atoms with Gasteiger partial charge in [-0.25, -0.2) is 4.79 Å². The van der Waals surface area contributed by atoms with Crippen LogP contribution in [0.15, 0.2) is 24.5 Å². The molecule has 0 saturated heterocycles. The van der Waals surface area contributed by atoms with Gasteiger partial charge in [-0.3, -0.25) is 9.78 Å². The van der Waals surface area contributed by atoms with Gasteiger partial charge in [-0.2, -0.15) is 0 Å². The summed E-state index contributed by atoms with van der Waals surface area (Å²) in [6.45, 7) is 0.637. The van der Waals surface area contributed by atoms with Crippen molar-refractivity contribution in [1.82, 2.24) is 15.2 Å². The second-order valence-corrected chi connectivity index (χ2v) is 4.96.